The third-order valence-electron chi connectivity index (χ3n) is 3.11. The summed E-state index contributed by atoms with van der Waals surface area (Å²) in [4.78, 5) is 2.40. The van der Waals surface area contributed by atoms with Gasteiger partial charge in [-0.2, -0.15) is 0 Å². The van der Waals surface area contributed by atoms with Crippen molar-refractivity contribution in [2.75, 3.05) is 20.1 Å². The normalized spacial score (nSPS) is 10.7. The summed E-state index contributed by atoms with van der Waals surface area (Å²) in [5.41, 5.74) is 0.522. The van der Waals surface area contributed by atoms with Crippen LogP contribution >= 0.6 is 0 Å². The van der Waals surface area contributed by atoms with Crippen LogP contribution in [0.2, 0.25) is 0 Å². The highest BCUT2D eigenvalue weighted by Gasteiger charge is 2.18. The summed E-state index contributed by atoms with van der Waals surface area (Å²) < 4.78 is 0. The van der Waals surface area contributed by atoms with Gasteiger partial charge in [0, 0.05) is 0 Å². The molecule has 0 N–H and O–H groups in total. The van der Waals surface area contributed by atoms with Crippen LogP contribution < -0.4 is 0 Å². The van der Waals surface area contributed by atoms with Crippen LogP contribution in [0.5, 0.6) is 0 Å². The molecule has 0 aliphatic rings. The Morgan fingerprint density at radius 3 is 1.72 bits per heavy atom. The Hall–Kier alpha value is -0.0400. The van der Waals surface area contributed by atoms with Crippen LogP contribution in [-0.4, -0.2) is 25.0 Å². The molecule has 0 aromatic carbocycles. The molecule has 1 nitrogen and oxygen atoms in total. The summed E-state index contributed by atoms with van der Waals surface area (Å²) in [7, 11) is 2.21. The van der Waals surface area contributed by atoms with E-state index >= 15 is 0 Å². The van der Waals surface area contributed by atoms with E-state index in [2.05, 4.69) is 46.6 Å². The Morgan fingerprint density at radius 1 is 0.944 bits per heavy atom. The fraction of sp³-hybridized carbons (Fsp3) is 1.00. The average Bonchev–Trinajstić information content (AvgIpc) is 2.38. The molecule has 0 amide bonds. The molecule has 0 atom stereocenters. The van der Waals surface area contributed by atoms with Gasteiger partial charge in [0.1, 0.15) is 0 Å². The first-order valence-corrected chi connectivity index (χ1v) is 8.06. The van der Waals surface area contributed by atoms with Gasteiger partial charge in [0.15, 0.2) is 0 Å². The number of hydrogen-bond donors (Lipinski definition) is 0. The smallest absolute Gasteiger partial charge is 0.00168 e. The minimum atomic E-state index is 0.522. The molecule has 1 heteroatoms. The van der Waals surface area contributed by atoms with Crippen molar-refractivity contribution in [1.82, 2.24) is 4.90 Å². The maximum Gasteiger partial charge on any atom is -0.00168 e. The lowest BCUT2D eigenvalue weighted by atomic mass is 9.82. The zero-order valence-corrected chi connectivity index (χ0v) is 15.1. The number of rotatable bonds is 7. The highest BCUT2D eigenvalue weighted by molar-refractivity contribution is 4.70. The van der Waals surface area contributed by atoms with E-state index < -0.39 is 0 Å². The van der Waals surface area contributed by atoms with Crippen LogP contribution in [0.15, 0.2) is 0 Å². The molecule has 0 saturated carbocycles. The third-order valence-corrected chi connectivity index (χ3v) is 3.11. The van der Waals surface area contributed by atoms with E-state index in [0.717, 1.165) is 5.92 Å². The summed E-state index contributed by atoms with van der Waals surface area (Å²) in [6.07, 6.45) is 4.05. The molecule has 0 fully saturated rings. The Kier molecular flexibility index (Phi) is 19.3. The molecule has 0 spiro atoms. The van der Waals surface area contributed by atoms with Gasteiger partial charge in [-0.3, -0.25) is 0 Å². The van der Waals surface area contributed by atoms with Gasteiger partial charge in [0.2, 0.25) is 0 Å². The lowest BCUT2D eigenvalue weighted by Crippen LogP contribution is -2.24. The molecular weight excluding hydrogens is 218 g/mol. The van der Waals surface area contributed by atoms with Crippen LogP contribution in [0.4, 0.5) is 0 Å². The molecular formula is C17H41N. The average molecular weight is 260 g/mol. The molecule has 0 radical (unpaired) electrons. The van der Waals surface area contributed by atoms with Crippen molar-refractivity contribution in [3.05, 3.63) is 0 Å². The standard InChI is InChI=1S/C13H29N.2C2H6/c1-7-14(6)11-10-13(4,5)9-8-12(2)3;2*1-2/h12H,7-11H2,1-6H3;2*1-2H3. The van der Waals surface area contributed by atoms with E-state index in [1.54, 1.807) is 0 Å². The molecule has 0 rings (SSSR count). The van der Waals surface area contributed by atoms with Crippen LogP contribution in [0.25, 0.3) is 0 Å². The van der Waals surface area contributed by atoms with Crippen molar-refractivity contribution in [1.29, 1.82) is 0 Å². The molecule has 0 aliphatic carbocycles. The van der Waals surface area contributed by atoms with Gasteiger partial charge in [-0.25, -0.2) is 0 Å². The number of hydrogen-bond acceptors (Lipinski definition) is 1. The second-order valence-corrected chi connectivity index (χ2v) is 5.74. The summed E-state index contributed by atoms with van der Waals surface area (Å²) >= 11 is 0. The topological polar surface area (TPSA) is 3.24 Å². The maximum atomic E-state index is 2.40. The first kappa shape index (κ1) is 23.1. The molecule has 0 bridgehead atoms. The molecule has 0 saturated heterocycles. The van der Waals surface area contributed by atoms with Crippen molar-refractivity contribution in [2.24, 2.45) is 11.3 Å². The van der Waals surface area contributed by atoms with Crippen molar-refractivity contribution in [3.63, 3.8) is 0 Å². The minimum absolute atomic E-state index is 0.522. The van der Waals surface area contributed by atoms with Gasteiger partial charge in [0.25, 0.3) is 0 Å². The third kappa shape index (κ3) is 18.3. The van der Waals surface area contributed by atoms with Crippen molar-refractivity contribution >= 4 is 0 Å². The summed E-state index contributed by atoms with van der Waals surface area (Å²) in [5.74, 6) is 0.846. The zero-order chi connectivity index (χ0) is 15.2. The molecule has 114 valence electrons. The van der Waals surface area contributed by atoms with Crippen LogP contribution in [-0.2, 0) is 0 Å². The molecule has 0 aromatic heterocycles. The lowest BCUT2D eigenvalue weighted by Gasteiger charge is -2.27. The maximum absolute atomic E-state index is 2.40. The Morgan fingerprint density at radius 2 is 1.39 bits per heavy atom. The second-order valence-electron chi connectivity index (χ2n) is 5.74. The van der Waals surface area contributed by atoms with Gasteiger partial charge in [-0.05, 0) is 44.3 Å². The SMILES string of the molecule is CC.CC.CCN(C)CCC(C)(C)CCC(C)C. The van der Waals surface area contributed by atoms with Crippen molar-refractivity contribution in [3.8, 4) is 0 Å². The van der Waals surface area contributed by atoms with Gasteiger partial charge < -0.3 is 4.90 Å². The predicted molar refractivity (Wildman–Crippen MR) is 88.3 cm³/mol. The Bertz CT molecular complexity index is 139. The first-order chi connectivity index (χ1) is 8.37. The van der Waals surface area contributed by atoms with Crippen LogP contribution in [0.3, 0.4) is 0 Å². The first-order valence-electron chi connectivity index (χ1n) is 8.06. The molecule has 0 aromatic rings. The molecule has 0 heterocycles. The summed E-state index contributed by atoms with van der Waals surface area (Å²) in [5, 5.41) is 0. The lowest BCUT2D eigenvalue weighted by molar-refractivity contribution is 0.230. The fourth-order valence-electron chi connectivity index (χ4n) is 1.46. The van der Waals surface area contributed by atoms with E-state index in [9.17, 15) is 0 Å². The highest BCUT2D eigenvalue weighted by atomic mass is 15.1. The monoisotopic (exact) mass is 259 g/mol. The summed E-state index contributed by atoms with van der Waals surface area (Å²) in [6, 6.07) is 0. The summed E-state index contributed by atoms with van der Waals surface area (Å²) in [6.45, 7) is 22.1. The van der Waals surface area contributed by atoms with Gasteiger partial charge in [-0.15, -0.1) is 0 Å². The quantitative estimate of drug-likeness (QED) is 0.555. The van der Waals surface area contributed by atoms with E-state index in [1.807, 2.05) is 27.7 Å². The zero-order valence-electron chi connectivity index (χ0n) is 15.1. The Balaban J connectivity index is -0.000000506. The predicted octanol–water partition coefficient (Wildman–Crippen LogP) is 5.84. The van der Waals surface area contributed by atoms with Gasteiger partial charge in [-0.1, -0.05) is 68.7 Å². The van der Waals surface area contributed by atoms with Crippen LogP contribution in [0, 0.1) is 11.3 Å². The molecule has 0 unspecified atom stereocenters. The van der Waals surface area contributed by atoms with E-state index in [-0.39, 0.29) is 0 Å². The second kappa shape index (κ2) is 15.0. The highest BCUT2D eigenvalue weighted by Crippen LogP contribution is 2.28. The van der Waals surface area contributed by atoms with E-state index in [0.29, 0.717) is 5.41 Å². The van der Waals surface area contributed by atoms with Crippen molar-refractivity contribution < 1.29 is 0 Å². The number of nitrogens with zero attached hydrogens (tertiary/aromatic N) is 1. The fourth-order valence-corrected chi connectivity index (χ4v) is 1.46. The van der Waals surface area contributed by atoms with E-state index in [1.165, 1.54) is 32.4 Å². The largest absolute Gasteiger partial charge is 0.307 e. The molecule has 0 aliphatic heterocycles. The van der Waals surface area contributed by atoms with Gasteiger partial charge in [0.05, 0.1) is 0 Å². The Labute approximate surface area is 118 Å². The van der Waals surface area contributed by atoms with E-state index in [4.69, 9.17) is 0 Å². The minimum Gasteiger partial charge on any atom is -0.307 e. The van der Waals surface area contributed by atoms with Crippen LogP contribution in [0.1, 0.15) is 81.6 Å². The van der Waals surface area contributed by atoms with Gasteiger partial charge >= 0.3 is 0 Å². The molecule has 18 heavy (non-hydrogen) atoms. The van der Waals surface area contributed by atoms with Crippen molar-refractivity contribution in [2.45, 2.75) is 81.6 Å².